The van der Waals surface area contributed by atoms with Crippen molar-refractivity contribution in [3.63, 3.8) is 0 Å². The lowest BCUT2D eigenvalue weighted by atomic mass is 9.84. The number of rotatable bonds is 8. The molecule has 0 aromatic carbocycles. The molecule has 0 aromatic rings. The Kier molecular flexibility index (Phi) is 7.52. The van der Waals surface area contributed by atoms with Gasteiger partial charge in [-0.15, -0.1) is 0 Å². The highest BCUT2D eigenvalue weighted by molar-refractivity contribution is 5.79. The minimum atomic E-state index is -0.234. The Labute approximate surface area is 124 Å². The molecule has 0 heterocycles. The molecule has 0 spiro atoms. The molecule has 20 heavy (non-hydrogen) atoms. The molecule has 118 valence electrons. The third-order valence-corrected chi connectivity index (χ3v) is 4.67. The number of hydrogen-bond acceptors (Lipinski definition) is 3. The zero-order valence-electron chi connectivity index (χ0n) is 13.7. The standard InChI is InChI=1S/C16H33N3O/c1-5-13-6-8-14(9-7-13)19(4)11-10-15(16(17)20)18-12(2)3/h12-15,18H,5-11H2,1-4H3,(H2,17,20). The minimum Gasteiger partial charge on any atom is -0.368 e. The summed E-state index contributed by atoms with van der Waals surface area (Å²) < 4.78 is 0. The number of nitrogens with two attached hydrogens (primary N) is 1. The van der Waals surface area contributed by atoms with Crippen molar-refractivity contribution in [2.24, 2.45) is 11.7 Å². The van der Waals surface area contributed by atoms with Crippen LogP contribution in [0.25, 0.3) is 0 Å². The van der Waals surface area contributed by atoms with Crippen LogP contribution in [0.2, 0.25) is 0 Å². The van der Waals surface area contributed by atoms with Gasteiger partial charge >= 0.3 is 0 Å². The van der Waals surface area contributed by atoms with Gasteiger partial charge in [0.1, 0.15) is 0 Å². The van der Waals surface area contributed by atoms with Crippen LogP contribution in [-0.2, 0) is 4.79 Å². The first-order valence-electron chi connectivity index (χ1n) is 8.19. The van der Waals surface area contributed by atoms with Crippen molar-refractivity contribution in [3.8, 4) is 0 Å². The van der Waals surface area contributed by atoms with Gasteiger partial charge in [-0.1, -0.05) is 27.2 Å². The van der Waals surface area contributed by atoms with Crippen LogP contribution >= 0.6 is 0 Å². The Bertz CT molecular complexity index is 285. The minimum absolute atomic E-state index is 0.204. The van der Waals surface area contributed by atoms with Crippen LogP contribution in [0.3, 0.4) is 0 Å². The summed E-state index contributed by atoms with van der Waals surface area (Å²) in [5, 5.41) is 3.25. The number of hydrogen-bond donors (Lipinski definition) is 2. The molecule has 1 aliphatic rings. The molecule has 1 aliphatic carbocycles. The summed E-state index contributed by atoms with van der Waals surface area (Å²) in [5.41, 5.74) is 5.47. The smallest absolute Gasteiger partial charge is 0.234 e. The molecule has 4 heteroatoms. The van der Waals surface area contributed by atoms with Gasteiger partial charge in [-0.25, -0.2) is 0 Å². The lowest BCUT2D eigenvalue weighted by molar-refractivity contribution is -0.120. The van der Waals surface area contributed by atoms with Crippen LogP contribution in [0.15, 0.2) is 0 Å². The Hall–Kier alpha value is -0.610. The van der Waals surface area contributed by atoms with E-state index in [1.54, 1.807) is 0 Å². The molecule has 4 nitrogen and oxygen atoms in total. The normalized spacial score (nSPS) is 25.1. The van der Waals surface area contributed by atoms with E-state index in [0.717, 1.165) is 18.9 Å². The van der Waals surface area contributed by atoms with Crippen LogP contribution in [0.5, 0.6) is 0 Å². The van der Waals surface area contributed by atoms with E-state index in [1.165, 1.54) is 32.1 Å². The molecule has 0 radical (unpaired) electrons. The predicted octanol–water partition coefficient (Wildman–Crippen LogP) is 2.13. The van der Waals surface area contributed by atoms with Crippen molar-refractivity contribution >= 4 is 5.91 Å². The second kappa shape index (κ2) is 8.63. The molecule has 1 atom stereocenters. The van der Waals surface area contributed by atoms with Crippen molar-refractivity contribution in [1.82, 2.24) is 10.2 Å². The maximum atomic E-state index is 11.4. The van der Waals surface area contributed by atoms with E-state index in [0.29, 0.717) is 6.04 Å². The summed E-state index contributed by atoms with van der Waals surface area (Å²) in [7, 11) is 2.18. The van der Waals surface area contributed by atoms with Crippen LogP contribution < -0.4 is 11.1 Å². The van der Waals surface area contributed by atoms with E-state index in [1.807, 2.05) is 13.8 Å². The summed E-state index contributed by atoms with van der Waals surface area (Å²) in [4.78, 5) is 13.9. The molecule has 1 saturated carbocycles. The molecular formula is C16H33N3O. The highest BCUT2D eigenvalue weighted by Crippen LogP contribution is 2.28. The molecule has 1 rings (SSSR count). The lowest BCUT2D eigenvalue weighted by Gasteiger charge is -2.35. The van der Waals surface area contributed by atoms with Gasteiger partial charge in [-0.2, -0.15) is 0 Å². The zero-order chi connectivity index (χ0) is 15.1. The fourth-order valence-electron chi connectivity index (χ4n) is 3.22. The summed E-state index contributed by atoms with van der Waals surface area (Å²) >= 11 is 0. The third kappa shape index (κ3) is 5.80. The third-order valence-electron chi connectivity index (χ3n) is 4.67. The predicted molar refractivity (Wildman–Crippen MR) is 84.5 cm³/mol. The van der Waals surface area contributed by atoms with Gasteiger partial charge in [0.25, 0.3) is 0 Å². The van der Waals surface area contributed by atoms with Gasteiger partial charge in [0.05, 0.1) is 6.04 Å². The van der Waals surface area contributed by atoms with Crippen LogP contribution in [0.1, 0.15) is 59.3 Å². The summed E-state index contributed by atoms with van der Waals surface area (Å²) in [6, 6.07) is 0.771. The molecule has 0 bridgehead atoms. The molecule has 1 unspecified atom stereocenters. The summed E-state index contributed by atoms with van der Waals surface area (Å²) in [6.07, 6.45) is 7.43. The Morgan fingerprint density at radius 2 is 1.90 bits per heavy atom. The number of carbonyl (C=O) groups is 1. The monoisotopic (exact) mass is 283 g/mol. The lowest BCUT2D eigenvalue weighted by Crippen LogP contribution is -2.47. The van der Waals surface area contributed by atoms with Gasteiger partial charge in [0.15, 0.2) is 0 Å². The van der Waals surface area contributed by atoms with Crippen LogP contribution in [0.4, 0.5) is 0 Å². The van der Waals surface area contributed by atoms with Gasteiger partial charge < -0.3 is 16.0 Å². The number of carbonyl (C=O) groups excluding carboxylic acids is 1. The van der Waals surface area contributed by atoms with E-state index in [2.05, 4.69) is 24.2 Å². The molecule has 1 amide bonds. The first-order valence-corrected chi connectivity index (χ1v) is 8.19. The maximum absolute atomic E-state index is 11.4. The molecule has 1 fully saturated rings. The van der Waals surface area contributed by atoms with Crippen molar-refractivity contribution in [2.45, 2.75) is 77.4 Å². The van der Waals surface area contributed by atoms with Gasteiger partial charge in [0.2, 0.25) is 5.91 Å². The van der Waals surface area contributed by atoms with E-state index >= 15 is 0 Å². The van der Waals surface area contributed by atoms with Crippen molar-refractivity contribution < 1.29 is 4.79 Å². The van der Waals surface area contributed by atoms with E-state index in [4.69, 9.17) is 5.73 Å². The quantitative estimate of drug-likeness (QED) is 0.717. The van der Waals surface area contributed by atoms with Crippen LogP contribution in [0, 0.1) is 5.92 Å². The van der Waals surface area contributed by atoms with Crippen LogP contribution in [-0.4, -0.2) is 42.5 Å². The average Bonchev–Trinajstić information content (AvgIpc) is 2.42. The fourth-order valence-corrected chi connectivity index (χ4v) is 3.22. The van der Waals surface area contributed by atoms with Crippen molar-refractivity contribution in [3.05, 3.63) is 0 Å². The van der Waals surface area contributed by atoms with E-state index in [9.17, 15) is 4.79 Å². The fraction of sp³-hybridized carbons (Fsp3) is 0.938. The Morgan fingerprint density at radius 1 is 1.30 bits per heavy atom. The number of nitrogens with one attached hydrogen (secondary N) is 1. The van der Waals surface area contributed by atoms with E-state index < -0.39 is 0 Å². The van der Waals surface area contributed by atoms with Gasteiger partial charge in [-0.05, 0) is 45.1 Å². The maximum Gasteiger partial charge on any atom is 0.234 e. The van der Waals surface area contributed by atoms with E-state index in [-0.39, 0.29) is 18.0 Å². The summed E-state index contributed by atoms with van der Waals surface area (Å²) in [5.74, 6) is 0.697. The van der Waals surface area contributed by atoms with Crippen molar-refractivity contribution in [1.29, 1.82) is 0 Å². The SMILES string of the molecule is CCC1CCC(N(C)CCC(NC(C)C)C(N)=O)CC1. The molecule has 0 aromatic heterocycles. The summed E-state index contributed by atoms with van der Waals surface area (Å²) in [6.45, 7) is 7.33. The van der Waals surface area contributed by atoms with Gasteiger partial charge in [-0.3, -0.25) is 4.79 Å². The van der Waals surface area contributed by atoms with Crippen molar-refractivity contribution in [2.75, 3.05) is 13.6 Å². The Balaban J connectivity index is 2.34. The number of nitrogens with zero attached hydrogens (tertiary/aromatic N) is 1. The highest BCUT2D eigenvalue weighted by Gasteiger charge is 2.24. The second-order valence-corrected chi connectivity index (χ2v) is 6.63. The average molecular weight is 283 g/mol. The van der Waals surface area contributed by atoms with Gasteiger partial charge in [0, 0.05) is 18.6 Å². The molecule has 3 N–H and O–H groups in total. The number of amides is 1. The second-order valence-electron chi connectivity index (χ2n) is 6.63. The molecule has 0 aliphatic heterocycles. The first-order chi connectivity index (χ1) is 9.43. The first kappa shape index (κ1) is 17.4. The highest BCUT2D eigenvalue weighted by atomic mass is 16.1. The zero-order valence-corrected chi connectivity index (χ0v) is 13.7. The number of primary amides is 1. The molecule has 0 saturated heterocycles. The molecular weight excluding hydrogens is 250 g/mol. The largest absolute Gasteiger partial charge is 0.368 e. The topological polar surface area (TPSA) is 58.4 Å². The Morgan fingerprint density at radius 3 is 2.35 bits per heavy atom.